The number of ether oxygens (including phenoxy) is 1. The van der Waals surface area contributed by atoms with Gasteiger partial charge in [-0.05, 0) is 31.2 Å². The molecule has 0 spiro atoms. The van der Waals surface area contributed by atoms with Crippen LogP contribution in [-0.4, -0.2) is 35.9 Å². The number of amidine groups is 1. The number of amides is 1. The normalized spacial score (nSPS) is 13.7. The summed E-state index contributed by atoms with van der Waals surface area (Å²) in [6.07, 6.45) is 1.33. The molecule has 0 atom stereocenters. The highest BCUT2D eigenvalue weighted by molar-refractivity contribution is 8.14. The number of aliphatic imine (C=N–C) groups is 1. The number of thioether (sulfide) groups is 1. The van der Waals surface area contributed by atoms with Crippen LogP contribution in [0.3, 0.4) is 0 Å². The molecule has 0 saturated heterocycles. The van der Waals surface area contributed by atoms with Crippen LogP contribution < -0.4 is 10.6 Å². The molecule has 124 valence electrons. The first-order chi connectivity index (χ1) is 11.6. The fourth-order valence-corrected chi connectivity index (χ4v) is 2.51. The van der Waals surface area contributed by atoms with E-state index < -0.39 is 11.9 Å². The summed E-state index contributed by atoms with van der Waals surface area (Å²) in [5, 5.41) is 15.2. The second-order valence-electron chi connectivity index (χ2n) is 4.60. The van der Waals surface area contributed by atoms with Gasteiger partial charge in [0.25, 0.3) is 5.91 Å². The number of rotatable bonds is 5. The predicted molar refractivity (Wildman–Crippen MR) is 92.6 cm³/mol. The molecule has 0 aliphatic carbocycles. The molecule has 1 heterocycles. The van der Waals surface area contributed by atoms with E-state index in [2.05, 4.69) is 15.6 Å². The number of esters is 1. The molecule has 0 unspecified atom stereocenters. The van der Waals surface area contributed by atoms with E-state index in [1.165, 1.54) is 18.0 Å². The molecule has 2 rings (SSSR count). The van der Waals surface area contributed by atoms with Crippen LogP contribution in [0.15, 0.2) is 41.0 Å². The van der Waals surface area contributed by atoms with Crippen molar-refractivity contribution in [3.05, 3.63) is 41.6 Å². The molecule has 1 aliphatic heterocycles. The van der Waals surface area contributed by atoms with Gasteiger partial charge in [-0.2, -0.15) is 5.26 Å². The van der Waals surface area contributed by atoms with Crippen LogP contribution in [0, 0.1) is 11.3 Å². The van der Waals surface area contributed by atoms with E-state index in [-0.39, 0.29) is 5.57 Å². The number of nitriles is 1. The molecule has 8 heteroatoms. The molecule has 0 bridgehead atoms. The van der Waals surface area contributed by atoms with Crippen LogP contribution in [0.25, 0.3) is 0 Å². The monoisotopic (exact) mass is 344 g/mol. The molecule has 1 aliphatic rings. The highest BCUT2D eigenvalue weighted by atomic mass is 32.2. The third-order valence-corrected chi connectivity index (χ3v) is 3.85. The number of carbonyl (C=O) groups excluding carboxylic acids is 2. The number of anilines is 1. The van der Waals surface area contributed by atoms with Gasteiger partial charge in [0.1, 0.15) is 11.6 Å². The minimum atomic E-state index is -0.544. The zero-order valence-corrected chi connectivity index (χ0v) is 13.9. The summed E-state index contributed by atoms with van der Waals surface area (Å²) >= 11 is 1.53. The summed E-state index contributed by atoms with van der Waals surface area (Å²) in [5.74, 6) is -0.0821. The Labute approximate surface area is 143 Å². The lowest BCUT2D eigenvalue weighted by Gasteiger charge is -2.06. The van der Waals surface area contributed by atoms with Crippen LogP contribution in [0.5, 0.6) is 0 Å². The Morgan fingerprint density at radius 3 is 2.75 bits per heavy atom. The smallest absolute Gasteiger partial charge is 0.338 e. The molecule has 2 N–H and O–H groups in total. The van der Waals surface area contributed by atoms with Gasteiger partial charge in [-0.15, -0.1) is 0 Å². The van der Waals surface area contributed by atoms with Gasteiger partial charge in [0, 0.05) is 17.6 Å². The van der Waals surface area contributed by atoms with Crippen molar-refractivity contribution in [3.63, 3.8) is 0 Å². The maximum Gasteiger partial charge on any atom is 0.338 e. The van der Waals surface area contributed by atoms with Crippen LogP contribution in [0.2, 0.25) is 0 Å². The zero-order valence-electron chi connectivity index (χ0n) is 13.0. The van der Waals surface area contributed by atoms with E-state index in [1.54, 1.807) is 31.2 Å². The lowest BCUT2D eigenvalue weighted by molar-refractivity contribution is -0.112. The molecule has 1 aromatic carbocycles. The van der Waals surface area contributed by atoms with E-state index in [4.69, 9.17) is 10.00 Å². The summed E-state index contributed by atoms with van der Waals surface area (Å²) in [5.41, 5.74) is 0.797. The van der Waals surface area contributed by atoms with Crippen molar-refractivity contribution < 1.29 is 14.3 Å². The first-order valence-corrected chi connectivity index (χ1v) is 8.25. The van der Waals surface area contributed by atoms with Gasteiger partial charge in [0.2, 0.25) is 0 Å². The summed E-state index contributed by atoms with van der Waals surface area (Å²) in [4.78, 5) is 27.8. The van der Waals surface area contributed by atoms with Gasteiger partial charge < -0.3 is 15.4 Å². The third-order valence-electron chi connectivity index (χ3n) is 2.94. The Kier molecular flexibility index (Phi) is 6.40. The largest absolute Gasteiger partial charge is 0.462 e. The number of hydrogen-bond acceptors (Lipinski definition) is 7. The van der Waals surface area contributed by atoms with Crippen molar-refractivity contribution >= 4 is 34.5 Å². The first kappa shape index (κ1) is 17.6. The Morgan fingerprint density at radius 1 is 1.42 bits per heavy atom. The fourth-order valence-electron chi connectivity index (χ4n) is 1.81. The maximum absolute atomic E-state index is 12.1. The summed E-state index contributed by atoms with van der Waals surface area (Å²) in [7, 11) is 0. The topological polar surface area (TPSA) is 104 Å². The van der Waals surface area contributed by atoms with Crippen LogP contribution in [-0.2, 0) is 9.53 Å². The van der Waals surface area contributed by atoms with Crippen molar-refractivity contribution in [3.8, 4) is 6.07 Å². The van der Waals surface area contributed by atoms with E-state index in [1.807, 2.05) is 6.07 Å². The van der Waals surface area contributed by atoms with Gasteiger partial charge in [0.15, 0.2) is 5.17 Å². The SMILES string of the molecule is CCOC(=O)c1ccc(NC(=O)/C(C#N)=C\NC2=NCCS2)cc1. The molecule has 1 aromatic rings. The molecule has 1 amide bonds. The molecule has 0 fully saturated rings. The standard InChI is InChI=1S/C16H16N4O3S/c1-2-23-15(22)11-3-5-13(6-4-11)20-14(21)12(9-17)10-19-16-18-7-8-24-16/h3-6,10H,2,7-8H2,1H3,(H,18,19)(H,20,21)/b12-10-. The van der Waals surface area contributed by atoms with Crippen LogP contribution >= 0.6 is 11.8 Å². The first-order valence-electron chi connectivity index (χ1n) is 7.26. The average molecular weight is 344 g/mol. The second-order valence-corrected chi connectivity index (χ2v) is 5.69. The lowest BCUT2D eigenvalue weighted by atomic mass is 10.2. The molecule has 7 nitrogen and oxygen atoms in total. The highest BCUT2D eigenvalue weighted by Gasteiger charge is 2.12. The quantitative estimate of drug-likeness (QED) is 0.480. The van der Waals surface area contributed by atoms with Crippen molar-refractivity contribution in [1.82, 2.24) is 5.32 Å². The van der Waals surface area contributed by atoms with E-state index in [0.29, 0.717) is 23.0 Å². The minimum Gasteiger partial charge on any atom is -0.462 e. The summed E-state index contributed by atoms with van der Waals surface area (Å²) < 4.78 is 4.89. The Hall–Kier alpha value is -2.79. The number of hydrogen-bond donors (Lipinski definition) is 2. The van der Waals surface area contributed by atoms with Crippen molar-refractivity contribution in [2.45, 2.75) is 6.92 Å². The van der Waals surface area contributed by atoms with E-state index >= 15 is 0 Å². The van der Waals surface area contributed by atoms with Gasteiger partial charge in [-0.3, -0.25) is 9.79 Å². The van der Waals surface area contributed by atoms with E-state index in [0.717, 1.165) is 12.3 Å². The summed E-state index contributed by atoms with van der Waals surface area (Å²) in [6.45, 7) is 2.75. The maximum atomic E-state index is 12.1. The molecule has 24 heavy (non-hydrogen) atoms. The zero-order chi connectivity index (χ0) is 17.4. The third kappa shape index (κ3) is 4.86. The van der Waals surface area contributed by atoms with Crippen LogP contribution in [0.4, 0.5) is 5.69 Å². The van der Waals surface area contributed by atoms with Gasteiger partial charge in [-0.1, -0.05) is 11.8 Å². The fraction of sp³-hybridized carbons (Fsp3) is 0.250. The van der Waals surface area contributed by atoms with Gasteiger partial charge in [0.05, 0.1) is 18.7 Å². The molecule has 0 aromatic heterocycles. The Bertz CT molecular complexity index is 720. The number of benzene rings is 1. The van der Waals surface area contributed by atoms with Crippen molar-refractivity contribution in [1.29, 1.82) is 5.26 Å². The molecular formula is C16H16N4O3S. The Balaban J connectivity index is 1.98. The van der Waals surface area contributed by atoms with E-state index in [9.17, 15) is 9.59 Å². The lowest BCUT2D eigenvalue weighted by Crippen LogP contribution is -2.18. The highest BCUT2D eigenvalue weighted by Crippen LogP contribution is 2.12. The van der Waals surface area contributed by atoms with Crippen LogP contribution in [0.1, 0.15) is 17.3 Å². The second kappa shape index (κ2) is 8.74. The summed E-state index contributed by atoms with van der Waals surface area (Å²) in [6, 6.07) is 8.08. The van der Waals surface area contributed by atoms with Crippen molar-refractivity contribution in [2.24, 2.45) is 4.99 Å². The average Bonchev–Trinajstić information content (AvgIpc) is 3.10. The molecule has 0 saturated carbocycles. The van der Waals surface area contributed by atoms with Crippen molar-refractivity contribution in [2.75, 3.05) is 24.2 Å². The Morgan fingerprint density at radius 2 is 2.17 bits per heavy atom. The van der Waals surface area contributed by atoms with Gasteiger partial charge in [-0.25, -0.2) is 4.79 Å². The number of carbonyl (C=O) groups is 2. The van der Waals surface area contributed by atoms with Gasteiger partial charge >= 0.3 is 5.97 Å². The predicted octanol–water partition coefficient (Wildman–Crippen LogP) is 1.90. The minimum absolute atomic E-state index is 0.0698. The number of nitrogens with one attached hydrogen (secondary N) is 2. The number of nitrogens with zero attached hydrogens (tertiary/aromatic N) is 2. The molecule has 0 radical (unpaired) electrons. The molecular weight excluding hydrogens is 328 g/mol.